The predicted molar refractivity (Wildman–Crippen MR) is 126 cm³/mol. The molecule has 0 aliphatic heterocycles. The number of aliphatic carboxylic acids is 1. The lowest BCUT2D eigenvalue weighted by Gasteiger charge is -2.47. The van der Waals surface area contributed by atoms with E-state index in [4.69, 9.17) is 9.97 Å². The monoisotopic (exact) mass is 457 g/mol. The Kier molecular flexibility index (Phi) is 5.01. The molecule has 7 rings (SSSR count). The third-order valence-electron chi connectivity index (χ3n) is 7.35. The molecule has 0 radical (unpaired) electrons. The number of nitrogens with zero attached hydrogens (tertiary/aromatic N) is 3. The number of carboxylic acids is 1. The second-order valence-corrected chi connectivity index (χ2v) is 9.29. The van der Waals surface area contributed by atoms with Crippen LogP contribution in [0.15, 0.2) is 54.9 Å². The van der Waals surface area contributed by atoms with E-state index in [0.717, 1.165) is 31.2 Å². The Morgan fingerprint density at radius 1 is 1.06 bits per heavy atom. The quantitative estimate of drug-likeness (QED) is 0.384. The van der Waals surface area contributed by atoms with Crippen LogP contribution in [-0.2, 0) is 4.79 Å². The average Bonchev–Trinajstić information content (AvgIpc) is 3.28. The van der Waals surface area contributed by atoms with Gasteiger partial charge in [-0.3, -0.25) is 4.79 Å². The van der Waals surface area contributed by atoms with E-state index in [2.05, 4.69) is 15.3 Å². The Balaban J connectivity index is 1.46. The molecule has 1 aromatic carbocycles. The molecule has 4 aromatic rings. The van der Waals surface area contributed by atoms with E-state index < -0.39 is 17.7 Å². The minimum absolute atomic E-state index is 0.182. The summed E-state index contributed by atoms with van der Waals surface area (Å²) in [6.45, 7) is 0. The van der Waals surface area contributed by atoms with Crippen LogP contribution in [0, 0.1) is 23.6 Å². The van der Waals surface area contributed by atoms with Gasteiger partial charge in [0.2, 0.25) is 0 Å². The molecule has 2 bridgehead atoms. The Morgan fingerprint density at radius 2 is 1.82 bits per heavy atom. The maximum absolute atomic E-state index is 14.0. The Bertz CT molecular complexity index is 1360. The molecule has 0 unspecified atom stereocenters. The summed E-state index contributed by atoms with van der Waals surface area (Å²) in [5.74, 6) is -0.121. The number of fused-ring (bicyclic) bond motifs is 4. The van der Waals surface area contributed by atoms with Crippen LogP contribution >= 0.6 is 0 Å². The second kappa shape index (κ2) is 8.20. The maximum atomic E-state index is 14.0. The summed E-state index contributed by atoms with van der Waals surface area (Å²) in [5, 5.41) is 14.0. The van der Waals surface area contributed by atoms with Crippen LogP contribution in [0.2, 0.25) is 0 Å². The largest absolute Gasteiger partial charge is 0.481 e. The minimum atomic E-state index is -0.748. The number of hydrogen-bond donors (Lipinski definition) is 3. The van der Waals surface area contributed by atoms with E-state index in [-0.39, 0.29) is 12.0 Å². The summed E-state index contributed by atoms with van der Waals surface area (Å²) in [5.41, 5.74) is 2.82. The van der Waals surface area contributed by atoms with Crippen LogP contribution in [0.25, 0.3) is 33.7 Å². The fourth-order valence-electron chi connectivity index (χ4n) is 5.74. The summed E-state index contributed by atoms with van der Waals surface area (Å²) in [4.78, 5) is 28.9. The molecular formula is C26H24FN5O2. The van der Waals surface area contributed by atoms with Crippen LogP contribution < -0.4 is 5.32 Å². The van der Waals surface area contributed by atoms with E-state index in [1.807, 2.05) is 36.4 Å². The van der Waals surface area contributed by atoms with E-state index in [0.29, 0.717) is 39.9 Å². The molecule has 34 heavy (non-hydrogen) atoms. The molecule has 7 nitrogen and oxygen atoms in total. The topological polar surface area (TPSA) is 104 Å². The van der Waals surface area contributed by atoms with Crippen LogP contribution in [0.1, 0.15) is 25.7 Å². The van der Waals surface area contributed by atoms with E-state index in [9.17, 15) is 14.3 Å². The average molecular weight is 458 g/mol. The van der Waals surface area contributed by atoms with Crippen molar-refractivity contribution < 1.29 is 14.3 Å². The van der Waals surface area contributed by atoms with Gasteiger partial charge < -0.3 is 15.4 Å². The van der Waals surface area contributed by atoms with Crippen molar-refractivity contribution in [2.75, 3.05) is 5.32 Å². The van der Waals surface area contributed by atoms with Crippen LogP contribution in [0.3, 0.4) is 0 Å². The molecule has 3 aliphatic carbocycles. The normalized spacial score (nSPS) is 23.8. The number of benzene rings is 1. The lowest BCUT2D eigenvalue weighted by Crippen LogP contribution is -2.51. The summed E-state index contributed by atoms with van der Waals surface area (Å²) >= 11 is 0. The number of anilines is 1. The lowest BCUT2D eigenvalue weighted by molar-refractivity contribution is -0.148. The van der Waals surface area contributed by atoms with Crippen molar-refractivity contribution in [2.45, 2.75) is 31.7 Å². The van der Waals surface area contributed by atoms with Gasteiger partial charge in [-0.1, -0.05) is 30.3 Å². The highest BCUT2D eigenvalue weighted by Crippen LogP contribution is 2.46. The van der Waals surface area contributed by atoms with Crippen molar-refractivity contribution in [2.24, 2.45) is 17.8 Å². The van der Waals surface area contributed by atoms with Gasteiger partial charge >= 0.3 is 5.97 Å². The summed E-state index contributed by atoms with van der Waals surface area (Å²) in [6.07, 6.45) is 6.90. The summed E-state index contributed by atoms with van der Waals surface area (Å²) in [6, 6.07) is 12.9. The number of hydrogen-bond acceptors (Lipinski definition) is 5. The Morgan fingerprint density at radius 3 is 2.59 bits per heavy atom. The number of aromatic nitrogens is 4. The van der Waals surface area contributed by atoms with Gasteiger partial charge in [0.05, 0.1) is 17.8 Å². The van der Waals surface area contributed by atoms with E-state index in [1.165, 1.54) is 12.3 Å². The zero-order chi connectivity index (χ0) is 23.2. The SMILES string of the molecule is O=C(O)[C@H]1C2CCC(CC2)[C@H]1Nc1cc(-c2ccccc2)nc(-c2c[nH]c3ncc(F)cc23)n1. The van der Waals surface area contributed by atoms with Gasteiger partial charge in [0.15, 0.2) is 5.82 Å². The number of pyridine rings is 1. The highest BCUT2D eigenvalue weighted by Gasteiger charge is 2.47. The van der Waals surface area contributed by atoms with Crippen LogP contribution in [0.5, 0.6) is 0 Å². The molecule has 2 atom stereocenters. The van der Waals surface area contributed by atoms with Crippen molar-refractivity contribution in [3.05, 3.63) is 60.7 Å². The molecule has 0 saturated heterocycles. The molecule has 8 heteroatoms. The van der Waals surface area contributed by atoms with Crippen molar-refractivity contribution in [3.63, 3.8) is 0 Å². The number of rotatable bonds is 5. The van der Waals surface area contributed by atoms with Crippen LogP contribution in [0.4, 0.5) is 10.2 Å². The number of halogens is 1. The summed E-state index contributed by atoms with van der Waals surface area (Å²) in [7, 11) is 0. The number of nitrogens with one attached hydrogen (secondary N) is 2. The number of aromatic amines is 1. The Hall–Kier alpha value is -3.81. The number of carbonyl (C=O) groups is 1. The standard InChI is InChI=1S/C26H24FN5O2/c27-17-10-18-19(13-29-24(18)28-12-17)25-30-20(14-4-2-1-3-5-14)11-21(32-25)31-23-16-8-6-15(7-9-16)22(23)26(33)34/h1-5,10-13,15-16,22-23H,6-9H2,(H,28,29)(H,33,34)(H,30,31,32)/t15?,16?,22-,23+/m0/s1. The fourth-order valence-corrected chi connectivity index (χ4v) is 5.74. The van der Waals surface area contributed by atoms with Gasteiger partial charge in [-0.15, -0.1) is 0 Å². The van der Waals surface area contributed by atoms with E-state index >= 15 is 0 Å². The molecular weight excluding hydrogens is 433 g/mol. The molecule has 172 valence electrons. The molecule has 3 fully saturated rings. The first kappa shape index (κ1) is 20.8. The maximum Gasteiger partial charge on any atom is 0.308 e. The second-order valence-electron chi connectivity index (χ2n) is 9.29. The number of carboxylic acid groups (broad SMARTS) is 1. The van der Waals surface area contributed by atoms with Gasteiger partial charge in [0.1, 0.15) is 17.3 Å². The highest BCUT2D eigenvalue weighted by atomic mass is 19.1. The highest BCUT2D eigenvalue weighted by molar-refractivity contribution is 5.92. The van der Waals surface area contributed by atoms with Gasteiger partial charge in [-0.2, -0.15) is 0 Å². The zero-order valence-corrected chi connectivity index (χ0v) is 18.4. The molecule has 3 aromatic heterocycles. The van der Waals surface area contributed by atoms with Gasteiger partial charge in [0.25, 0.3) is 0 Å². The zero-order valence-electron chi connectivity index (χ0n) is 18.4. The third kappa shape index (κ3) is 3.59. The summed E-state index contributed by atoms with van der Waals surface area (Å²) < 4.78 is 14.0. The van der Waals surface area contributed by atoms with Gasteiger partial charge in [0, 0.05) is 34.8 Å². The van der Waals surface area contributed by atoms with Gasteiger partial charge in [-0.25, -0.2) is 19.3 Å². The smallest absolute Gasteiger partial charge is 0.308 e. The fraction of sp³-hybridized carbons (Fsp3) is 0.308. The van der Waals surface area contributed by atoms with Crippen LogP contribution in [-0.4, -0.2) is 37.1 Å². The first-order valence-electron chi connectivity index (χ1n) is 11.6. The van der Waals surface area contributed by atoms with Gasteiger partial charge in [-0.05, 0) is 43.6 Å². The molecule has 3 N–H and O–H groups in total. The molecule has 3 heterocycles. The molecule has 3 saturated carbocycles. The molecule has 0 amide bonds. The minimum Gasteiger partial charge on any atom is -0.481 e. The van der Waals surface area contributed by atoms with Crippen molar-refractivity contribution >= 4 is 22.8 Å². The third-order valence-corrected chi connectivity index (χ3v) is 7.35. The van der Waals surface area contributed by atoms with E-state index in [1.54, 1.807) is 6.20 Å². The first-order chi connectivity index (χ1) is 16.6. The van der Waals surface area contributed by atoms with Crippen molar-refractivity contribution in [1.29, 1.82) is 0 Å². The first-order valence-corrected chi connectivity index (χ1v) is 11.6. The van der Waals surface area contributed by atoms with Crippen molar-refractivity contribution in [3.8, 4) is 22.6 Å². The lowest BCUT2D eigenvalue weighted by atomic mass is 9.61. The molecule has 0 spiro atoms. The number of H-pyrrole nitrogens is 1. The molecule has 3 aliphatic rings. The van der Waals surface area contributed by atoms with Crippen molar-refractivity contribution in [1.82, 2.24) is 19.9 Å². The Labute approximate surface area is 195 Å². The predicted octanol–water partition coefficient (Wildman–Crippen LogP) is 5.13.